The molecule has 1 N–H and O–H groups in total. The first-order valence-electron chi connectivity index (χ1n) is 5.43. The number of carbonyl (C=O) groups excluding carboxylic acids is 1. The van der Waals surface area contributed by atoms with Crippen molar-refractivity contribution in [3.05, 3.63) is 24.3 Å². The third-order valence-corrected chi connectivity index (χ3v) is 2.45. The lowest BCUT2D eigenvalue weighted by Gasteiger charge is -2.14. The molecule has 0 fully saturated rings. The molecular weight excluding hydrogens is 216 g/mol. The van der Waals surface area contributed by atoms with Crippen LogP contribution in [-0.4, -0.2) is 13.0 Å². The van der Waals surface area contributed by atoms with Gasteiger partial charge in [-0.25, -0.2) is 0 Å². The van der Waals surface area contributed by atoms with Crippen LogP contribution in [-0.2, 0) is 4.79 Å². The largest absolute Gasteiger partial charge is 0.495 e. The van der Waals surface area contributed by atoms with Gasteiger partial charge in [-0.15, -0.1) is 0 Å². The van der Waals surface area contributed by atoms with E-state index in [1.54, 1.807) is 18.2 Å². The minimum absolute atomic E-state index is 0.0188. The van der Waals surface area contributed by atoms with E-state index >= 15 is 0 Å². The highest BCUT2D eigenvalue weighted by atomic mass is 16.5. The minimum Gasteiger partial charge on any atom is -0.495 e. The quantitative estimate of drug-likeness (QED) is 0.867. The van der Waals surface area contributed by atoms with E-state index in [4.69, 9.17) is 10.00 Å². The number of benzene rings is 1. The van der Waals surface area contributed by atoms with Crippen molar-refractivity contribution < 1.29 is 9.53 Å². The standard InChI is InChI=1S/C13H16N2O2/c1-9(2)10(8-14)13(16)15-11-6-4-5-7-12(11)17-3/h4-7,9-10H,1-3H3,(H,15,16). The van der Waals surface area contributed by atoms with Gasteiger partial charge in [0.15, 0.2) is 0 Å². The number of anilines is 1. The number of carbonyl (C=O) groups is 1. The van der Waals surface area contributed by atoms with E-state index in [0.717, 1.165) is 0 Å². The Labute approximate surface area is 101 Å². The zero-order valence-corrected chi connectivity index (χ0v) is 10.2. The van der Waals surface area contributed by atoms with Gasteiger partial charge >= 0.3 is 0 Å². The Morgan fingerprint density at radius 3 is 2.59 bits per heavy atom. The molecule has 17 heavy (non-hydrogen) atoms. The molecule has 1 unspecified atom stereocenters. The van der Waals surface area contributed by atoms with Crippen molar-refractivity contribution in [1.82, 2.24) is 0 Å². The predicted octanol–water partition coefficient (Wildman–Crippen LogP) is 2.43. The first-order chi connectivity index (χ1) is 8.10. The maximum absolute atomic E-state index is 11.9. The van der Waals surface area contributed by atoms with Gasteiger partial charge in [0.2, 0.25) is 5.91 Å². The van der Waals surface area contributed by atoms with Crippen molar-refractivity contribution in [2.45, 2.75) is 13.8 Å². The Balaban J connectivity index is 2.84. The van der Waals surface area contributed by atoms with Gasteiger partial charge in [-0.2, -0.15) is 5.26 Å². The minimum atomic E-state index is -0.653. The molecule has 1 aromatic carbocycles. The van der Waals surface area contributed by atoms with E-state index in [2.05, 4.69) is 5.32 Å². The smallest absolute Gasteiger partial charge is 0.242 e. The van der Waals surface area contributed by atoms with E-state index in [1.807, 2.05) is 26.0 Å². The fraction of sp³-hybridized carbons (Fsp3) is 0.385. The molecule has 1 aromatic rings. The number of methoxy groups -OCH3 is 1. The molecule has 0 aromatic heterocycles. The zero-order valence-electron chi connectivity index (χ0n) is 10.2. The first kappa shape index (κ1) is 13.0. The van der Waals surface area contributed by atoms with Crippen LogP contribution in [0.3, 0.4) is 0 Å². The molecule has 0 heterocycles. The lowest BCUT2D eigenvalue weighted by molar-refractivity contribution is -0.119. The molecule has 0 aliphatic heterocycles. The van der Waals surface area contributed by atoms with Crippen LogP contribution in [0.2, 0.25) is 0 Å². The van der Waals surface area contributed by atoms with Crippen LogP contribution in [0.1, 0.15) is 13.8 Å². The van der Waals surface area contributed by atoms with Gasteiger partial charge in [0.05, 0.1) is 18.9 Å². The summed E-state index contributed by atoms with van der Waals surface area (Å²) >= 11 is 0. The van der Waals surface area contributed by atoms with Crippen LogP contribution in [0.25, 0.3) is 0 Å². The van der Waals surface area contributed by atoms with E-state index < -0.39 is 5.92 Å². The van der Waals surface area contributed by atoms with Gasteiger partial charge in [0.25, 0.3) is 0 Å². The van der Waals surface area contributed by atoms with Gasteiger partial charge < -0.3 is 10.1 Å². The van der Waals surface area contributed by atoms with Gasteiger partial charge in [-0.1, -0.05) is 26.0 Å². The molecule has 1 amide bonds. The summed E-state index contributed by atoms with van der Waals surface area (Å²) in [6.07, 6.45) is 0. The summed E-state index contributed by atoms with van der Waals surface area (Å²) in [5.74, 6) is -0.386. The number of nitrogens with zero attached hydrogens (tertiary/aromatic N) is 1. The number of nitriles is 1. The number of hydrogen-bond donors (Lipinski definition) is 1. The van der Waals surface area contributed by atoms with Gasteiger partial charge in [0, 0.05) is 0 Å². The average Bonchev–Trinajstić information content (AvgIpc) is 2.30. The summed E-state index contributed by atoms with van der Waals surface area (Å²) in [5, 5.41) is 11.6. The zero-order chi connectivity index (χ0) is 12.8. The van der Waals surface area contributed by atoms with Crippen LogP contribution in [0, 0.1) is 23.2 Å². The lowest BCUT2D eigenvalue weighted by Crippen LogP contribution is -2.25. The molecule has 0 radical (unpaired) electrons. The second-order valence-corrected chi connectivity index (χ2v) is 4.04. The van der Waals surface area contributed by atoms with Gasteiger partial charge in [-0.05, 0) is 18.1 Å². The molecule has 0 saturated heterocycles. The Morgan fingerprint density at radius 1 is 1.41 bits per heavy atom. The van der Waals surface area contributed by atoms with Crippen LogP contribution in [0.4, 0.5) is 5.69 Å². The SMILES string of the molecule is COc1ccccc1NC(=O)C(C#N)C(C)C. The summed E-state index contributed by atoms with van der Waals surface area (Å²) in [6, 6.07) is 9.12. The third kappa shape index (κ3) is 3.22. The summed E-state index contributed by atoms with van der Waals surface area (Å²) in [5.41, 5.74) is 0.584. The van der Waals surface area contributed by atoms with Crippen molar-refractivity contribution in [1.29, 1.82) is 5.26 Å². The molecule has 4 heteroatoms. The molecule has 0 aliphatic carbocycles. The van der Waals surface area contributed by atoms with E-state index in [9.17, 15) is 4.79 Å². The highest BCUT2D eigenvalue weighted by Crippen LogP contribution is 2.24. The van der Waals surface area contributed by atoms with Crippen LogP contribution in [0.5, 0.6) is 5.75 Å². The van der Waals surface area contributed by atoms with Crippen molar-refractivity contribution in [2.75, 3.05) is 12.4 Å². The van der Waals surface area contributed by atoms with E-state index in [0.29, 0.717) is 11.4 Å². The molecule has 4 nitrogen and oxygen atoms in total. The second-order valence-electron chi connectivity index (χ2n) is 4.04. The number of hydrogen-bond acceptors (Lipinski definition) is 3. The fourth-order valence-corrected chi connectivity index (χ4v) is 1.47. The van der Waals surface area contributed by atoms with Crippen molar-refractivity contribution in [3.8, 4) is 11.8 Å². The number of amides is 1. The number of para-hydroxylation sites is 2. The van der Waals surface area contributed by atoms with Crippen molar-refractivity contribution in [2.24, 2.45) is 11.8 Å². The number of nitrogens with one attached hydrogen (secondary N) is 1. The second kappa shape index (κ2) is 5.90. The molecule has 0 bridgehead atoms. The van der Waals surface area contributed by atoms with Gasteiger partial charge in [0.1, 0.15) is 11.7 Å². The number of rotatable bonds is 4. The van der Waals surface area contributed by atoms with E-state index in [1.165, 1.54) is 7.11 Å². The maximum atomic E-state index is 11.9. The first-order valence-corrected chi connectivity index (χ1v) is 5.43. The predicted molar refractivity (Wildman–Crippen MR) is 65.6 cm³/mol. The Bertz CT molecular complexity index is 435. The molecule has 0 aliphatic rings. The highest BCUT2D eigenvalue weighted by Gasteiger charge is 2.22. The summed E-state index contributed by atoms with van der Waals surface area (Å²) in [4.78, 5) is 11.9. The number of ether oxygens (including phenoxy) is 1. The fourth-order valence-electron chi connectivity index (χ4n) is 1.47. The topological polar surface area (TPSA) is 62.1 Å². The normalized spacial score (nSPS) is 11.7. The Kier molecular flexibility index (Phi) is 4.53. The highest BCUT2D eigenvalue weighted by molar-refractivity contribution is 5.95. The van der Waals surface area contributed by atoms with Gasteiger partial charge in [-0.3, -0.25) is 4.79 Å². The Morgan fingerprint density at radius 2 is 2.06 bits per heavy atom. The Hall–Kier alpha value is -2.02. The molecule has 90 valence electrons. The summed E-state index contributed by atoms with van der Waals surface area (Å²) < 4.78 is 5.12. The lowest BCUT2D eigenvalue weighted by atomic mass is 9.96. The molecule has 1 rings (SSSR count). The monoisotopic (exact) mass is 232 g/mol. The van der Waals surface area contributed by atoms with E-state index in [-0.39, 0.29) is 11.8 Å². The maximum Gasteiger partial charge on any atom is 0.242 e. The molecular formula is C13H16N2O2. The van der Waals surface area contributed by atoms with Crippen LogP contribution < -0.4 is 10.1 Å². The average molecular weight is 232 g/mol. The molecule has 0 saturated carbocycles. The third-order valence-electron chi connectivity index (χ3n) is 2.45. The molecule has 0 spiro atoms. The van der Waals surface area contributed by atoms with Crippen molar-refractivity contribution in [3.63, 3.8) is 0 Å². The summed E-state index contributed by atoms with van der Waals surface area (Å²) in [7, 11) is 1.54. The van der Waals surface area contributed by atoms with Crippen molar-refractivity contribution >= 4 is 11.6 Å². The summed E-state index contributed by atoms with van der Waals surface area (Å²) in [6.45, 7) is 3.69. The van der Waals surface area contributed by atoms with Crippen LogP contribution in [0.15, 0.2) is 24.3 Å². The molecule has 1 atom stereocenters. The van der Waals surface area contributed by atoms with Crippen LogP contribution >= 0.6 is 0 Å².